The number of aromatic nitrogens is 1. The minimum absolute atomic E-state index is 0.258. The molecule has 0 radical (unpaired) electrons. The molecule has 112 valence electrons. The molecule has 0 saturated carbocycles. The van der Waals surface area contributed by atoms with Gasteiger partial charge >= 0.3 is 0 Å². The molecule has 1 aromatic rings. The number of pyridine rings is 1. The lowest BCUT2D eigenvalue weighted by molar-refractivity contribution is 0.0431. The first-order valence-electron chi connectivity index (χ1n) is 7.53. The molecule has 1 aromatic heterocycles. The number of nitrogens with two attached hydrogens (primary N) is 1. The van der Waals surface area contributed by atoms with Crippen LogP contribution in [0.25, 0.3) is 0 Å². The average molecular weight is 276 g/mol. The van der Waals surface area contributed by atoms with Gasteiger partial charge in [0.15, 0.2) is 0 Å². The van der Waals surface area contributed by atoms with Crippen molar-refractivity contribution in [1.29, 1.82) is 0 Å². The van der Waals surface area contributed by atoms with E-state index in [4.69, 9.17) is 5.73 Å². The molecule has 1 atom stereocenters. The van der Waals surface area contributed by atoms with E-state index in [1.54, 1.807) is 0 Å². The van der Waals surface area contributed by atoms with Gasteiger partial charge in [-0.1, -0.05) is 0 Å². The molecule has 2 N–H and O–H groups in total. The van der Waals surface area contributed by atoms with E-state index >= 15 is 0 Å². The summed E-state index contributed by atoms with van der Waals surface area (Å²) in [6.45, 7) is 14.0. The van der Waals surface area contributed by atoms with Crippen molar-refractivity contribution in [3.63, 3.8) is 0 Å². The molecular formula is C16H28N4. The zero-order valence-corrected chi connectivity index (χ0v) is 13.3. The van der Waals surface area contributed by atoms with Crippen LogP contribution in [0.15, 0.2) is 18.5 Å². The molecule has 1 fully saturated rings. The lowest BCUT2D eigenvalue weighted by atomic mass is 10.00. The Labute approximate surface area is 123 Å². The maximum atomic E-state index is 6.04. The van der Waals surface area contributed by atoms with E-state index in [-0.39, 0.29) is 5.54 Å². The maximum absolute atomic E-state index is 6.04. The summed E-state index contributed by atoms with van der Waals surface area (Å²) in [4.78, 5) is 9.33. The van der Waals surface area contributed by atoms with Crippen LogP contribution >= 0.6 is 0 Å². The zero-order valence-electron chi connectivity index (χ0n) is 13.3. The Bertz CT molecular complexity index is 430. The Morgan fingerprint density at radius 2 is 1.90 bits per heavy atom. The molecule has 2 heterocycles. The number of piperazine rings is 1. The van der Waals surface area contributed by atoms with Gasteiger partial charge in [0, 0.05) is 56.7 Å². The van der Waals surface area contributed by atoms with Crippen LogP contribution in [0.3, 0.4) is 0 Å². The molecule has 1 aliphatic heterocycles. The number of rotatable bonds is 3. The van der Waals surface area contributed by atoms with Gasteiger partial charge in [0.1, 0.15) is 0 Å². The van der Waals surface area contributed by atoms with Crippen molar-refractivity contribution in [3.05, 3.63) is 29.6 Å². The van der Waals surface area contributed by atoms with E-state index in [0.717, 1.165) is 26.2 Å². The number of hydrogen-bond donors (Lipinski definition) is 1. The molecule has 1 aliphatic rings. The molecule has 0 amide bonds. The second-order valence-electron chi connectivity index (χ2n) is 6.68. The van der Waals surface area contributed by atoms with Crippen molar-refractivity contribution in [1.82, 2.24) is 14.8 Å². The summed E-state index contributed by atoms with van der Waals surface area (Å²) in [7, 11) is 0. The van der Waals surface area contributed by atoms with Crippen LogP contribution in [0, 0.1) is 6.92 Å². The van der Waals surface area contributed by atoms with Crippen molar-refractivity contribution in [2.24, 2.45) is 5.73 Å². The summed E-state index contributed by atoms with van der Waals surface area (Å²) in [5, 5.41) is 0. The smallest absolute Gasteiger partial charge is 0.0489 e. The van der Waals surface area contributed by atoms with Crippen molar-refractivity contribution in [2.45, 2.75) is 39.3 Å². The zero-order chi connectivity index (χ0) is 14.8. The Hall–Kier alpha value is -0.970. The van der Waals surface area contributed by atoms with Crippen LogP contribution in [0.5, 0.6) is 0 Å². The fourth-order valence-corrected chi connectivity index (χ4v) is 3.00. The molecule has 4 heteroatoms. The monoisotopic (exact) mass is 276 g/mol. The van der Waals surface area contributed by atoms with Gasteiger partial charge in [0.05, 0.1) is 0 Å². The lowest BCUT2D eigenvalue weighted by Crippen LogP contribution is -2.54. The van der Waals surface area contributed by atoms with Crippen LogP contribution in [0.1, 0.15) is 37.9 Å². The summed E-state index contributed by atoms with van der Waals surface area (Å²) in [5.41, 5.74) is 8.86. The standard InChI is InChI=1S/C16H28N4/c1-13-5-6-18-12-14(13)15(11-17)19-7-9-20(10-8-19)16(2,3)4/h5-6,12,15H,7-11,17H2,1-4H3. The van der Waals surface area contributed by atoms with Crippen molar-refractivity contribution >= 4 is 0 Å². The quantitative estimate of drug-likeness (QED) is 0.914. The number of hydrogen-bond acceptors (Lipinski definition) is 4. The highest BCUT2D eigenvalue weighted by Gasteiger charge is 2.29. The third-order valence-electron chi connectivity index (χ3n) is 4.37. The highest BCUT2D eigenvalue weighted by atomic mass is 15.3. The second kappa shape index (κ2) is 6.20. The first kappa shape index (κ1) is 15.4. The molecule has 2 rings (SSSR count). The van der Waals surface area contributed by atoms with Gasteiger partial charge in [-0.2, -0.15) is 0 Å². The molecule has 4 nitrogen and oxygen atoms in total. The molecule has 1 saturated heterocycles. The van der Waals surface area contributed by atoms with Gasteiger partial charge in [-0.25, -0.2) is 0 Å². The van der Waals surface area contributed by atoms with Crippen LogP contribution in [-0.4, -0.2) is 53.0 Å². The Kier molecular flexibility index (Phi) is 4.78. The van der Waals surface area contributed by atoms with Crippen molar-refractivity contribution < 1.29 is 0 Å². The van der Waals surface area contributed by atoms with E-state index in [1.165, 1.54) is 11.1 Å². The minimum atomic E-state index is 0.258. The van der Waals surface area contributed by atoms with E-state index < -0.39 is 0 Å². The normalized spacial score (nSPS) is 20.1. The van der Waals surface area contributed by atoms with Gasteiger partial charge < -0.3 is 5.73 Å². The van der Waals surface area contributed by atoms with Gasteiger partial charge in [-0.05, 0) is 44.9 Å². The van der Waals surface area contributed by atoms with Crippen LogP contribution in [0.4, 0.5) is 0 Å². The molecule has 0 bridgehead atoms. The van der Waals surface area contributed by atoms with Crippen molar-refractivity contribution in [3.8, 4) is 0 Å². The summed E-state index contributed by atoms with van der Waals surface area (Å²) in [6, 6.07) is 2.37. The van der Waals surface area contributed by atoms with Gasteiger partial charge in [-0.3, -0.25) is 14.8 Å². The molecule has 20 heavy (non-hydrogen) atoms. The predicted octanol–water partition coefficient (Wildman–Crippen LogP) is 1.81. The third kappa shape index (κ3) is 3.37. The first-order chi connectivity index (χ1) is 9.43. The fourth-order valence-electron chi connectivity index (χ4n) is 3.00. The topological polar surface area (TPSA) is 45.4 Å². The largest absolute Gasteiger partial charge is 0.329 e. The summed E-state index contributed by atoms with van der Waals surface area (Å²) in [6.07, 6.45) is 3.83. The summed E-state index contributed by atoms with van der Waals surface area (Å²) >= 11 is 0. The SMILES string of the molecule is Cc1ccncc1C(CN)N1CCN(C(C)(C)C)CC1. The van der Waals surface area contributed by atoms with Gasteiger partial charge in [0.2, 0.25) is 0 Å². The van der Waals surface area contributed by atoms with Crippen LogP contribution in [0.2, 0.25) is 0 Å². The molecule has 0 spiro atoms. The number of aryl methyl sites for hydroxylation is 1. The van der Waals surface area contributed by atoms with E-state index in [1.807, 2.05) is 12.4 Å². The summed E-state index contributed by atoms with van der Waals surface area (Å²) in [5.74, 6) is 0. The Balaban J connectivity index is 2.06. The van der Waals surface area contributed by atoms with E-state index in [9.17, 15) is 0 Å². The van der Waals surface area contributed by atoms with Gasteiger partial charge in [0.25, 0.3) is 0 Å². The fraction of sp³-hybridized carbons (Fsp3) is 0.688. The molecular weight excluding hydrogens is 248 g/mol. The van der Waals surface area contributed by atoms with E-state index in [0.29, 0.717) is 12.6 Å². The molecule has 0 aliphatic carbocycles. The van der Waals surface area contributed by atoms with Crippen LogP contribution < -0.4 is 5.73 Å². The Morgan fingerprint density at radius 1 is 1.25 bits per heavy atom. The van der Waals surface area contributed by atoms with Crippen LogP contribution in [-0.2, 0) is 0 Å². The number of nitrogens with zero attached hydrogens (tertiary/aromatic N) is 3. The predicted molar refractivity (Wildman–Crippen MR) is 83.7 cm³/mol. The maximum Gasteiger partial charge on any atom is 0.0489 e. The summed E-state index contributed by atoms with van der Waals surface area (Å²) < 4.78 is 0. The van der Waals surface area contributed by atoms with E-state index in [2.05, 4.69) is 48.5 Å². The molecule has 1 unspecified atom stereocenters. The average Bonchev–Trinajstić information content (AvgIpc) is 2.41. The first-order valence-corrected chi connectivity index (χ1v) is 7.53. The lowest BCUT2D eigenvalue weighted by Gasteiger charge is -2.44. The molecule has 0 aromatic carbocycles. The Morgan fingerprint density at radius 3 is 2.40 bits per heavy atom. The highest BCUT2D eigenvalue weighted by Crippen LogP contribution is 2.25. The minimum Gasteiger partial charge on any atom is -0.329 e. The van der Waals surface area contributed by atoms with Gasteiger partial charge in [-0.15, -0.1) is 0 Å². The third-order valence-corrected chi connectivity index (χ3v) is 4.37. The highest BCUT2D eigenvalue weighted by molar-refractivity contribution is 5.25. The van der Waals surface area contributed by atoms with Crippen molar-refractivity contribution in [2.75, 3.05) is 32.7 Å². The second-order valence-corrected chi connectivity index (χ2v) is 6.68.